The van der Waals surface area contributed by atoms with Crippen LogP contribution in [0.15, 0.2) is 0 Å². The molecule has 0 amide bonds. The number of ether oxygens (including phenoxy) is 4. The average Bonchev–Trinajstić information content (AvgIpc) is 2.53. The molecule has 5 unspecified atom stereocenters. The lowest BCUT2D eigenvalue weighted by Gasteiger charge is -2.45. The highest BCUT2D eigenvalue weighted by Crippen LogP contribution is 2.28. The van der Waals surface area contributed by atoms with Crippen LogP contribution < -0.4 is 0 Å². The summed E-state index contributed by atoms with van der Waals surface area (Å²) in [4.78, 5) is 0. The van der Waals surface area contributed by atoms with Gasteiger partial charge in [-0.3, -0.25) is 0 Å². The molecule has 2 saturated heterocycles. The van der Waals surface area contributed by atoms with E-state index >= 15 is 0 Å². The Morgan fingerprint density at radius 2 is 1.48 bits per heavy atom. The summed E-state index contributed by atoms with van der Waals surface area (Å²) < 4.78 is 20.6. The van der Waals surface area contributed by atoms with Crippen molar-refractivity contribution in [3.05, 3.63) is 0 Å². The lowest BCUT2D eigenvalue weighted by atomic mass is 9.97. The van der Waals surface area contributed by atoms with Crippen molar-refractivity contribution < 1.29 is 49.6 Å². The van der Waals surface area contributed by atoms with Gasteiger partial charge in [-0.25, -0.2) is 0 Å². The van der Waals surface area contributed by atoms with E-state index in [0.717, 1.165) is 0 Å². The molecule has 10 atom stereocenters. The predicted molar refractivity (Wildman–Crippen MR) is 72.0 cm³/mol. The van der Waals surface area contributed by atoms with E-state index in [9.17, 15) is 30.6 Å². The molecule has 0 aromatic heterocycles. The van der Waals surface area contributed by atoms with Gasteiger partial charge in [0.2, 0.25) is 0 Å². The third kappa shape index (κ3) is 3.66. The SMILES string of the molecule is CO[C@@H]1C(CO)O[C@@H](O[C@@H]2C(O)O[C@@H](C)C(O)C2O)C(O)[C@H]1O. The van der Waals surface area contributed by atoms with E-state index < -0.39 is 68.0 Å². The summed E-state index contributed by atoms with van der Waals surface area (Å²) in [5.41, 5.74) is 0. The van der Waals surface area contributed by atoms with Gasteiger partial charge >= 0.3 is 0 Å². The number of hydrogen-bond donors (Lipinski definition) is 6. The summed E-state index contributed by atoms with van der Waals surface area (Å²) in [7, 11) is 1.29. The quantitative estimate of drug-likeness (QED) is 0.300. The first kappa shape index (κ1) is 18.9. The highest BCUT2D eigenvalue weighted by molar-refractivity contribution is 4.93. The maximum Gasteiger partial charge on any atom is 0.187 e. The first-order chi connectivity index (χ1) is 10.8. The van der Waals surface area contributed by atoms with Crippen LogP contribution in [0, 0.1) is 0 Å². The fraction of sp³-hybridized carbons (Fsp3) is 1.00. The third-order valence-electron chi connectivity index (χ3n) is 4.19. The van der Waals surface area contributed by atoms with Crippen LogP contribution in [-0.4, -0.2) is 106 Å². The van der Waals surface area contributed by atoms with E-state index in [2.05, 4.69) is 0 Å². The van der Waals surface area contributed by atoms with Gasteiger partial charge in [0.15, 0.2) is 12.6 Å². The second-order valence-electron chi connectivity index (χ2n) is 5.72. The summed E-state index contributed by atoms with van der Waals surface area (Å²) in [6.45, 7) is 0.960. The van der Waals surface area contributed by atoms with E-state index in [0.29, 0.717) is 0 Å². The Bertz CT molecular complexity index is 380. The highest BCUT2D eigenvalue weighted by Gasteiger charge is 2.49. The Morgan fingerprint density at radius 3 is 2.04 bits per heavy atom. The van der Waals surface area contributed by atoms with Crippen molar-refractivity contribution >= 4 is 0 Å². The monoisotopic (exact) mass is 340 g/mol. The van der Waals surface area contributed by atoms with Crippen LogP contribution in [0.5, 0.6) is 0 Å². The normalized spacial score (nSPS) is 51.7. The molecule has 10 heteroatoms. The minimum absolute atomic E-state index is 0.506. The lowest BCUT2D eigenvalue weighted by Crippen LogP contribution is -2.64. The molecule has 2 aliphatic heterocycles. The fourth-order valence-corrected chi connectivity index (χ4v) is 2.78. The van der Waals surface area contributed by atoms with E-state index in [1.165, 1.54) is 14.0 Å². The van der Waals surface area contributed by atoms with Crippen LogP contribution in [0.1, 0.15) is 6.92 Å². The van der Waals surface area contributed by atoms with Gasteiger partial charge in [-0.1, -0.05) is 0 Å². The topological polar surface area (TPSA) is 158 Å². The molecule has 2 rings (SSSR count). The zero-order valence-electron chi connectivity index (χ0n) is 12.8. The summed E-state index contributed by atoms with van der Waals surface area (Å²) in [5.74, 6) is 0. The van der Waals surface area contributed by atoms with Gasteiger partial charge < -0.3 is 49.6 Å². The molecule has 0 aromatic carbocycles. The molecule has 136 valence electrons. The number of aliphatic hydroxyl groups excluding tert-OH is 6. The predicted octanol–water partition coefficient (Wildman–Crippen LogP) is -3.72. The first-order valence-corrected chi connectivity index (χ1v) is 7.32. The van der Waals surface area contributed by atoms with Crippen LogP contribution in [0.25, 0.3) is 0 Å². The molecule has 10 nitrogen and oxygen atoms in total. The molecule has 23 heavy (non-hydrogen) atoms. The maximum atomic E-state index is 10.0. The Labute approximate surface area is 132 Å². The van der Waals surface area contributed by atoms with Crippen molar-refractivity contribution in [3.8, 4) is 0 Å². The van der Waals surface area contributed by atoms with E-state index in [-0.39, 0.29) is 0 Å². The van der Waals surface area contributed by atoms with Crippen molar-refractivity contribution in [3.63, 3.8) is 0 Å². The van der Waals surface area contributed by atoms with Crippen LogP contribution in [-0.2, 0) is 18.9 Å². The van der Waals surface area contributed by atoms with Crippen molar-refractivity contribution in [2.24, 2.45) is 0 Å². The smallest absolute Gasteiger partial charge is 0.187 e. The average molecular weight is 340 g/mol. The van der Waals surface area contributed by atoms with Crippen LogP contribution in [0.2, 0.25) is 0 Å². The third-order valence-corrected chi connectivity index (χ3v) is 4.19. The molecule has 0 bridgehead atoms. The largest absolute Gasteiger partial charge is 0.394 e. The van der Waals surface area contributed by atoms with Crippen LogP contribution in [0.4, 0.5) is 0 Å². The van der Waals surface area contributed by atoms with Crippen molar-refractivity contribution in [2.45, 2.75) is 68.3 Å². The molecule has 0 spiro atoms. The van der Waals surface area contributed by atoms with Gasteiger partial charge in [-0.15, -0.1) is 0 Å². The van der Waals surface area contributed by atoms with Crippen LogP contribution in [0.3, 0.4) is 0 Å². The second-order valence-corrected chi connectivity index (χ2v) is 5.72. The van der Waals surface area contributed by atoms with Gasteiger partial charge in [0.1, 0.15) is 42.7 Å². The molecule has 0 saturated carbocycles. The number of rotatable bonds is 4. The Hall–Kier alpha value is -0.400. The van der Waals surface area contributed by atoms with Gasteiger partial charge in [0.05, 0.1) is 12.7 Å². The zero-order valence-corrected chi connectivity index (χ0v) is 12.8. The summed E-state index contributed by atoms with van der Waals surface area (Å²) in [6.07, 6.45) is -13.0. The van der Waals surface area contributed by atoms with Crippen LogP contribution >= 0.6 is 0 Å². The van der Waals surface area contributed by atoms with Crippen molar-refractivity contribution in [1.29, 1.82) is 0 Å². The van der Waals surface area contributed by atoms with E-state index in [4.69, 9.17) is 18.9 Å². The molecule has 0 radical (unpaired) electrons. The highest BCUT2D eigenvalue weighted by atomic mass is 16.7. The lowest BCUT2D eigenvalue weighted by molar-refractivity contribution is -0.360. The van der Waals surface area contributed by atoms with Crippen molar-refractivity contribution in [1.82, 2.24) is 0 Å². The first-order valence-electron chi connectivity index (χ1n) is 7.32. The van der Waals surface area contributed by atoms with Gasteiger partial charge in [-0.05, 0) is 6.92 Å². The molecule has 2 heterocycles. The molecular formula is C13H24O10. The minimum Gasteiger partial charge on any atom is -0.394 e. The molecule has 0 aliphatic carbocycles. The van der Waals surface area contributed by atoms with Crippen molar-refractivity contribution in [2.75, 3.05) is 13.7 Å². The van der Waals surface area contributed by atoms with E-state index in [1.807, 2.05) is 0 Å². The summed E-state index contributed by atoms with van der Waals surface area (Å²) in [6, 6.07) is 0. The number of aliphatic hydroxyl groups is 6. The fourth-order valence-electron chi connectivity index (χ4n) is 2.78. The molecule has 2 aliphatic rings. The van der Waals surface area contributed by atoms with Gasteiger partial charge in [-0.2, -0.15) is 0 Å². The zero-order chi connectivity index (χ0) is 17.3. The van der Waals surface area contributed by atoms with Gasteiger partial charge in [0.25, 0.3) is 0 Å². The van der Waals surface area contributed by atoms with Gasteiger partial charge in [0, 0.05) is 7.11 Å². The number of hydrogen-bond acceptors (Lipinski definition) is 10. The molecular weight excluding hydrogens is 316 g/mol. The maximum absolute atomic E-state index is 10.0. The van der Waals surface area contributed by atoms with E-state index in [1.54, 1.807) is 0 Å². The minimum atomic E-state index is -1.57. The Balaban J connectivity index is 2.09. The summed E-state index contributed by atoms with van der Waals surface area (Å²) in [5, 5.41) is 59.0. The summed E-state index contributed by atoms with van der Waals surface area (Å²) >= 11 is 0. The number of methoxy groups -OCH3 is 1. The standard InChI is InChI=1S/C13H24O10/c1-4-6(15)7(16)11(12(19)21-4)23-13-9(18)8(17)10(20-2)5(3-14)22-13/h4-19H,3H2,1-2H3/t4-,5?,6?,7?,8+,9?,10+,11-,12?,13-/m0/s1. The molecule has 2 fully saturated rings. The Morgan fingerprint density at radius 1 is 0.870 bits per heavy atom. The molecule has 0 aromatic rings. The second kappa shape index (κ2) is 7.66. The molecule has 6 N–H and O–H groups in total. The Kier molecular flexibility index (Phi) is 6.30.